The first-order valence-electron chi connectivity index (χ1n) is 16.1. The number of carbonyl (C=O) groups excluding carboxylic acids is 2. The van der Waals surface area contributed by atoms with E-state index >= 15 is 0 Å². The van der Waals surface area contributed by atoms with Crippen molar-refractivity contribution in [1.82, 2.24) is 14.9 Å². The highest BCUT2D eigenvalue weighted by molar-refractivity contribution is 7.95. The molecular weight excluding hydrogens is 602 g/mol. The average molecular weight is 655 g/mol. The zero-order valence-corrected chi connectivity index (χ0v) is 29.4. The normalized spacial score (nSPS) is 12.2. The Labute approximate surface area is 277 Å². The predicted molar refractivity (Wildman–Crippen MR) is 186 cm³/mol. The molecule has 0 spiro atoms. The van der Waals surface area contributed by atoms with Gasteiger partial charge < -0.3 is 28.8 Å². The first-order chi connectivity index (χ1) is 22.0. The molecule has 2 aromatic carbocycles. The van der Waals surface area contributed by atoms with Crippen LogP contribution < -0.4 is 10.1 Å². The summed E-state index contributed by atoms with van der Waals surface area (Å²) in [5.41, 5.74) is 2.90. The van der Waals surface area contributed by atoms with Gasteiger partial charge in [-0.3, -0.25) is 0 Å². The summed E-state index contributed by atoms with van der Waals surface area (Å²) in [5, 5.41) is 2.63. The Bertz CT molecular complexity index is 1350. The van der Waals surface area contributed by atoms with E-state index in [4.69, 9.17) is 23.9 Å². The highest BCUT2D eigenvalue weighted by Gasteiger charge is 2.25. The maximum Gasteiger partial charge on any atom is 0.408 e. The number of aromatic nitrogens is 2. The van der Waals surface area contributed by atoms with Gasteiger partial charge in [0, 0.05) is 23.7 Å². The molecule has 10 heteroatoms. The lowest BCUT2D eigenvalue weighted by molar-refractivity contribution is -0.143. The number of carbonyl (C=O) groups is 2. The molecule has 0 fully saturated rings. The van der Waals surface area contributed by atoms with Crippen molar-refractivity contribution < 1.29 is 28.5 Å². The van der Waals surface area contributed by atoms with Crippen LogP contribution in [0.2, 0.25) is 0 Å². The minimum absolute atomic E-state index is 0.248. The van der Waals surface area contributed by atoms with Crippen LogP contribution in [-0.4, -0.2) is 71.8 Å². The number of benzene rings is 2. The molecule has 46 heavy (non-hydrogen) atoms. The maximum atomic E-state index is 12.4. The van der Waals surface area contributed by atoms with Crippen molar-refractivity contribution >= 4 is 23.0 Å². The van der Waals surface area contributed by atoms with Crippen molar-refractivity contribution in [3.63, 3.8) is 0 Å². The molecule has 0 unspecified atom stereocenters. The highest BCUT2D eigenvalue weighted by Crippen LogP contribution is 2.27. The van der Waals surface area contributed by atoms with Crippen molar-refractivity contribution in [3.05, 3.63) is 60.3 Å². The van der Waals surface area contributed by atoms with Gasteiger partial charge in [-0.2, -0.15) is 0 Å². The third-order valence-corrected chi connectivity index (χ3v) is 8.12. The second-order valence-electron chi connectivity index (χ2n) is 12.6. The second kappa shape index (κ2) is 18.6. The van der Waals surface area contributed by atoms with Crippen molar-refractivity contribution in [2.45, 2.75) is 84.6 Å². The number of amides is 1. The molecule has 1 N–H and O–H groups in total. The van der Waals surface area contributed by atoms with E-state index in [1.54, 1.807) is 20.8 Å². The SMILES string of the molecule is CCCCCCCOc1ccc(-c2cn(COCC[S+](C)C)c(-c3ccc(C[C@H](NC(=O)OC(C)(C)C)C(=O)OC)cc3)n2)cc1. The van der Waals surface area contributed by atoms with Crippen LogP contribution in [0.25, 0.3) is 22.6 Å². The topological polar surface area (TPSA) is 101 Å². The second-order valence-corrected chi connectivity index (χ2v) is 14.9. The Hall–Kier alpha value is -3.50. The van der Waals surface area contributed by atoms with Gasteiger partial charge >= 0.3 is 12.1 Å². The van der Waals surface area contributed by atoms with Crippen LogP contribution in [-0.2, 0) is 43.1 Å². The molecule has 0 aliphatic rings. The number of rotatable bonds is 18. The fraction of sp³-hybridized carbons (Fsp3) is 0.528. The fourth-order valence-electron chi connectivity index (χ4n) is 4.70. The molecule has 1 aromatic heterocycles. The van der Waals surface area contributed by atoms with Crippen LogP contribution in [0, 0.1) is 0 Å². The largest absolute Gasteiger partial charge is 0.494 e. The van der Waals surface area contributed by atoms with Gasteiger partial charge in [0.05, 0.1) is 38.5 Å². The van der Waals surface area contributed by atoms with Gasteiger partial charge in [0.25, 0.3) is 0 Å². The summed E-state index contributed by atoms with van der Waals surface area (Å²) in [6.45, 7) is 9.30. The molecule has 0 radical (unpaired) electrons. The zero-order valence-electron chi connectivity index (χ0n) is 28.6. The van der Waals surface area contributed by atoms with E-state index in [0.29, 0.717) is 24.2 Å². The van der Waals surface area contributed by atoms with Crippen LogP contribution in [0.5, 0.6) is 5.75 Å². The lowest BCUT2D eigenvalue weighted by Gasteiger charge is -2.22. The number of nitrogens with one attached hydrogen (secondary N) is 1. The molecule has 252 valence electrons. The molecule has 3 rings (SSSR count). The molecule has 0 aliphatic heterocycles. The van der Waals surface area contributed by atoms with E-state index in [0.717, 1.165) is 52.7 Å². The van der Waals surface area contributed by atoms with Gasteiger partial charge in [-0.15, -0.1) is 0 Å². The quantitative estimate of drug-likeness (QED) is 0.0893. The molecule has 0 bridgehead atoms. The van der Waals surface area contributed by atoms with Crippen LogP contribution in [0.15, 0.2) is 54.7 Å². The number of esters is 1. The summed E-state index contributed by atoms with van der Waals surface area (Å²) in [5.74, 6) is 2.10. The third kappa shape index (κ3) is 12.7. The molecule has 3 aromatic rings. The molecule has 0 saturated heterocycles. The number of unbranched alkanes of at least 4 members (excludes halogenated alkanes) is 4. The Morgan fingerprint density at radius 2 is 1.61 bits per heavy atom. The number of hydrogen-bond donors (Lipinski definition) is 1. The first-order valence-corrected chi connectivity index (χ1v) is 18.3. The van der Waals surface area contributed by atoms with Crippen LogP contribution in [0.3, 0.4) is 0 Å². The lowest BCUT2D eigenvalue weighted by atomic mass is 10.0. The summed E-state index contributed by atoms with van der Waals surface area (Å²) < 4.78 is 24.3. The molecule has 1 amide bonds. The number of nitrogens with zero attached hydrogens (tertiary/aromatic N) is 2. The molecule has 1 atom stereocenters. The number of hydrogen-bond acceptors (Lipinski definition) is 7. The Morgan fingerprint density at radius 3 is 2.24 bits per heavy atom. The van der Waals surface area contributed by atoms with Gasteiger partial charge in [-0.25, -0.2) is 14.6 Å². The summed E-state index contributed by atoms with van der Waals surface area (Å²) in [4.78, 5) is 29.8. The van der Waals surface area contributed by atoms with E-state index < -0.39 is 23.7 Å². The van der Waals surface area contributed by atoms with Crippen LogP contribution in [0.4, 0.5) is 4.79 Å². The van der Waals surface area contributed by atoms with Gasteiger partial charge in [-0.05, 0) is 67.9 Å². The van der Waals surface area contributed by atoms with Crippen LogP contribution in [0.1, 0.15) is 65.4 Å². The molecule has 1 heterocycles. The minimum Gasteiger partial charge on any atom is -0.494 e. The molecule has 0 saturated carbocycles. The fourth-order valence-corrected chi connectivity index (χ4v) is 5.15. The number of methoxy groups -OCH3 is 1. The van der Waals surface area contributed by atoms with Gasteiger partial charge in [-0.1, -0.05) is 56.9 Å². The standard InChI is InChI=1S/C36H51N3O6S/c1-8-9-10-11-12-21-44-30-19-17-28(18-20-30)32-25-39(26-43-22-23-46(6)7)33(37-32)29-15-13-27(14-16-29)24-31(34(40)42-5)38-35(41)45-36(2,3)4/h13-20,25,31H,8-12,21-24,26H2,1-7H3/p+1/t31-/m0/s1. The summed E-state index contributed by atoms with van der Waals surface area (Å²) in [7, 11) is 1.60. The van der Waals surface area contributed by atoms with Gasteiger partial charge in [0.2, 0.25) is 0 Å². The van der Waals surface area contributed by atoms with Crippen molar-refractivity contribution in [1.29, 1.82) is 0 Å². The van der Waals surface area contributed by atoms with E-state index in [2.05, 4.69) is 24.8 Å². The Balaban J connectivity index is 1.76. The van der Waals surface area contributed by atoms with E-state index in [9.17, 15) is 9.59 Å². The summed E-state index contributed by atoms with van der Waals surface area (Å²) in [6.07, 6.45) is 12.0. The summed E-state index contributed by atoms with van der Waals surface area (Å²) >= 11 is 0. The number of alkyl carbamates (subject to hydrolysis) is 1. The predicted octanol–water partition coefficient (Wildman–Crippen LogP) is 7.03. The minimum atomic E-state index is -0.887. The molecular formula is C36H52N3O6S+. The Morgan fingerprint density at radius 1 is 0.935 bits per heavy atom. The monoisotopic (exact) mass is 654 g/mol. The van der Waals surface area contributed by atoms with Gasteiger partial charge in [0.15, 0.2) is 0 Å². The molecule has 0 aliphatic carbocycles. The van der Waals surface area contributed by atoms with Crippen LogP contribution >= 0.6 is 0 Å². The first kappa shape index (κ1) is 37.0. The zero-order chi connectivity index (χ0) is 33.5. The maximum absolute atomic E-state index is 12.4. The third-order valence-electron chi connectivity index (χ3n) is 7.14. The summed E-state index contributed by atoms with van der Waals surface area (Å²) in [6, 6.07) is 15.0. The van der Waals surface area contributed by atoms with Crippen molar-refractivity contribution in [2.24, 2.45) is 0 Å². The smallest absolute Gasteiger partial charge is 0.408 e. The van der Waals surface area contributed by atoms with E-state index in [-0.39, 0.29) is 6.42 Å². The lowest BCUT2D eigenvalue weighted by Crippen LogP contribution is -2.45. The number of imidazole rings is 1. The average Bonchev–Trinajstić information content (AvgIpc) is 3.44. The number of ether oxygens (including phenoxy) is 4. The highest BCUT2D eigenvalue weighted by atomic mass is 32.2. The van der Waals surface area contributed by atoms with E-state index in [1.807, 2.05) is 59.3 Å². The van der Waals surface area contributed by atoms with E-state index in [1.165, 1.54) is 32.8 Å². The Kier molecular flexibility index (Phi) is 14.9. The van der Waals surface area contributed by atoms with Gasteiger partial charge in [0.1, 0.15) is 35.7 Å². The van der Waals surface area contributed by atoms with Crippen molar-refractivity contribution in [2.75, 3.05) is 38.6 Å². The molecule has 9 nitrogen and oxygen atoms in total. The van der Waals surface area contributed by atoms with Crippen molar-refractivity contribution in [3.8, 4) is 28.4 Å².